The first-order chi connectivity index (χ1) is 11.4. The Morgan fingerprint density at radius 1 is 0.833 bits per heavy atom. The molecule has 2 aromatic carbocycles. The molecular formula is C23H24N+. The Kier molecular flexibility index (Phi) is 3.18. The first-order valence-electron chi connectivity index (χ1n) is 8.62. The maximum Gasteiger partial charge on any atom is 0.212 e. The molecule has 0 amide bonds. The number of benzene rings is 2. The molecule has 0 atom stereocenters. The molecule has 0 bridgehead atoms. The van der Waals surface area contributed by atoms with E-state index in [-0.39, 0.29) is 5.41 Å². The van der Waals surface area contributed by atoms with Gasteiger partial charge in [0.15, 0.2) is 6.20 Å². The van der Waals surface area contributed by atoms with E-state index in [4.69, 9.17) is 0 Å². The van der Waals surface area contributed by atoms with Crippen LogP contribution in [-0.4, -0.2) is 0 Å². The molecule has 0 saturated carbocycles. The molecular weight excluding hydrogens is 290 g/mol. The maximum absolute atomic E-state index is 2.41. The average molecular weight is 314 g/mol. The predicted molar refractivity (Wildman–Crippen MR) is 100 cm³/mol. The quantitative estimate of drug-likeness (QED) is 0.550. The number of pyridine rings is 1. The first-order valence-corrected chi connectivity index (χ1v) is 8.62. The Morgan fingerprint density at radius 3 is 2.29 bits per heavy atom. The number of hydrogen-bond acceptors (Lipinski definition) is 0. The summed E-state index contributed by atoms with van der Waals surface area (Å²) in [6, 6.07) is 17.7. The molecule has 4 rings (SSSR count). The van der Waals surface area contributed by atoms with E-state index in [1.807, 2.05) is 0 Å². The highest BCUT2D eigenvalue weighted by molar-refractivity contribution is 5.88. The second-order valence-corrected chi connectivity index (χ2v) is 7.48. The Labute approximate surface area is 144 Å². The van der Waals surface area contributed by atoms with Crippen LogP contribution in [-0.2, 0) is 12.5 Å². The van der Waals surface area contributed by atoms with Crippen molar-refractivity contribution in [2.45, 2.75) is 33.1 Å². The van der Waals surface area contributed by atoms with Gasteiger partial charge in [-0.15, -0.1) is 0 Å². The predicted octanol–water partition coefficient (Wildman–Crippen LogP) is 5.10. The highest BCUT2D eigenvalue weighted by Gasteiger charge is 2.37. The number of hydrogen-bond donors (Lipinski definition) is 0. The Balaban J connectivity index is 2.10. The van der Waals surface area contributed by atoms with Gasteiger partial charge in [0.05, 0.1) is 5.56 Å². The van der Waals surface area contributed by atoms with Gasteiger partial charge in [-0.1, -0.05) is 44.2 Å². The first kappa shape index (κ1) is 15.1. The molecule has 1 heterocycles. The molecule has 1 nitrogen and oxygen atoms in total. The summed E-state index contributed by atoms with van der Waals surface area (Å²) in [5.41, 5.74) is 11.2. The summed E-state index contributed by atoms with van der Waals surface area (Å²) in [6.07, 6.45) is 2.12. The monoisotopic (exact) mass is 314 g/mol. The molecule has 1 aliphatic rings. The van der Waals surface area contributed by atoms with Gasteiger partial charge in [0.1, 0.15) is 7.05 Å². The summed E-state index contributed by atoms with van der Waals surface area (Å²) in [5, 5.41) is 0. The van der Waals surface area contributed by atoms with Crippen LogP contribution in [0.1, 0.15) is 36.1 Å². The Morgan fingerprint density at radius 2 is 1.54 bits per heavy atom. The van der Waals surface area contributed by atoms with Gasteiger partial charge in [-0.05, 0) is 53.3 Å². The molecule has 0 aliphatic heterocycles. The third-order valence-corrected chi connectivity index (χ3v) is 5.63. The van der Waals surface area contributed by atoms with Crippen molar-refractivity contribution >= 4 is 0 Å². The second kappa shape index (κ2) is 5.04. The Bertz CT molecular complexity index is 964. The number of fused-ring (bicyclic) bond motifs is 3. The van der Waals surface area contributed by atoms with Crippen LogP contribution < -0.4 is 4.57 Å². The molecule has 0 unspecified atom stereocenters. The van der Waals surface area contributed by atoms with Crippen molar-refractivity contribution in [1.82, 2.24) is 0 Å². The summed E-state index contributed by atoms with van der Waals surface area (Å²) in [7, 11) is 2.12. The number of rotatable bonds is 1. The highest BCUT2D eigenvalue weighted by atomic mass is 14.9. The molecule has 0 fully saturated rings. The fraction of sp³-hybridized carbons (Fsp3) is 0.261. The highest BCUT2D eigenvalue weighted by Crippen LogP contribution is 2.51. The lowest BCUT2D eigenvalue weighted by atomic mass is 9.80. The van der Waals surface area contributed by atoms with Crippen LogP contribution in [0.2, 0.25) is 0 Å². The van der Waals surface area contributed by atoms with Gasteiger partial charge in [0.25, 0.3) is 0 Å². The van der Waals surface area contributed by atoms with Crippen molar-refractivity contribution in [2.24, 2.45) is 7.05 Å². The minimum absolute atomic E-state index is 0.0683. The minimum atomic E-state index is 0.0683. The van der Waals surface area contributed by atoms with Crippen LogP contribution >= 0.6 is 0 Å². The van der Waals surface area contributed by atoms with Crippen LogP contribution in [0.5, 0.6) is 0 Å². The summed E-state index contributed by atoms with van der Waals surface area (Å²) < 4.78 is 2.22. The molecule has 0 radical (unpaired) electrons. The fourth-order valence-corrected chi connectivity index (χ4v) is 4.39. The average Bonchev–Trinajstić information content (AvgIpc) is 2.78. The molecule has 1 heteroatoms. The fourth-order valence-electron chi connectivity index (χ4n) is 4.39. The molecule has 1 aromatic heterocycles. The van der Waals surface area contributed by atoms with Gasteiger partial charge in [-0.2, -0.15) is 0 Å². The topological polar surface area (TPSA) is 3.88 Å². The summed E-state index contributed by atoms with van der Waals surface area (Å²) >= 11 is 0. The molecule has 0 saturated heterocycles. The van der Waals surface area contributed by atoms with Gasteiger partial charge in [0, 0.05) is 17.5 Å². The molecule has 0 spiro atoms. The SMILES string of the molecule is Cc1cc2c(c(C)c1-c1cccc[n+]1C)-c1ccccc1C2(C)C. The van der Waals surface area contributed by atoms with E-state index in [1.165, 1.54) is 44.6 Å². The summed E-state index contributed by atoms with van der Waals surface area (Å²) in [5.74, 6) is 0. The van der Waals surface area contributed by atoms with E-state index in [9.17, 15) is 0 Å². The molecule has 0 N–H and O–H groups in total. The zero-order chi connectivity index (χ0) is 17.1. The van der Waals surface area contributed by atoms with Crippen molar-refractivity contribution in [3.8, 4) is 22.4 Å². The second-order valence-electron chi connectivity index (χ2n) is 7.48. The Hall–Kier alpha value is -2.41. The zero-order valence-electron chi connectivity index (χ0n) is 15.1. The standard InChI is InChI=1S/C23H24N/c1-15-14-19-22(17-10-6-7-11-18(17)23(19,3)4)16(2)21(15)20-12-8-9-13-24(20)5/h6-14H,1-5H3/q+1. The number of aryl methyl sites for hydroxylation is 2. The van der Waals surface area contributed by atoms with Gasteiger partial charge in [0.2, 0.25) is 5.69 Å². The lowest BCUT2D eigenvalue weighted by molar-refractivity contribution is -0.660. The van der Waals surface area contributed by atoms with Crippen molar-refractivity contribution in [1.29, 1.82) is 0 Å². The largest absolute Gasteiger partial charge is 0.212 e. The number of aromatic nitrogens is 1. The maximum atomic E-state index is 2.41. The third kappa shape index (κ3) is 1.91. The van der Waals surface area contributed by atoms with Crippen LogP contribution in [0.15, 0.2) is 54.7 Å². The lowest BCUT2D eigenvalue weighted by Crippen LogP contribution is -2.30. The van der Waals surface area contributed by atoms with E-state index >= 15 is 0 Å². The van der Waals surface area contributed by atoms with Crippen molar-refractivity contribution in [3.05, 3.63) is 77.0 Å². The van der Waals surface area contributed by atoms with Gasteiger partial charge in [-0.25, -0.2) is 4.57 Å². The van der Waals surface area contributed by atoms with Gasteiger partial charge < -0.3 is 0 Å². The van der Waals surface area contributed by atoms with Crippen LogP contribution in [0, 0.1) is 13.8 Å². The van der Waals surface area contributed by atoms with Gasteiger partial charge >= 0.3 is 0 Å². The minimum Gasteiger partial charge on any atom is -0.201 e. The molecule has 24 heavy (non-hydrogen) atoms. The van der Waals surface area contributed by atoms with Crippen LogP contribution in [0.25, 0.3) is 22.4 Å². The van der Waals surface area contributed by atoms with Crippen molar-refractivity contribution in [2.75, 3.05) is 0 Å². The van der Waals surface area contributed by atoms with E-state index in [2.05, 4.69) is 94.0 Å². The normalized spacial score (nSPS) is 14.4. The number of nitrogens with zero attached hydrogens (tertiary/aromatic N) is 1. The van der Waals surface area contributed by atoms with Crippen molar-refractivity contribution < 1.29 is 4.57 Å². The van der Waals surface area contributed by atoms with Crippen LogP contribution in [0.3, 0.4) is 0 Å². The lowest BCUT2D eigenvalue weighted by Gasteiger charge is -2.23. The van der Waals surface area contributed by atoms with E-state index < -0.39 is 0 Å². The molecule has 3 aromatic rings. The molecule has 1 aliphatic carbocycles. The van der Waals surface area contributed by atoms with Crippen LogP contribution in [0.4, 0.5) is 0 Å². The van der Waals surface area contributed by atoms with Crippen molar-refractivity contribution in [3.63, 3.8) is 0 Å². The summed E-state index contributed by atoms with van der Waals surface area (Å²) in [6.45, 7) is 9.22. The van der Waals surface area contributed by atoms with E-state index in [1.54, 1.807) is 0 Å². The van der Waals surface area contributed by atoms with E-state index in [0.717, 1.165) is 0 Å². The zero-order valence-corrected chi connectivity index (χ0v) is 15.1. The smallest absolute Gasteiger partial charge is 0.201 e. The van der Waals surface area contributed by atoms with E-state index in [0.29, 0.717) is 0 Å². The summed E-state index contributed by atoms with van der Waals surface area (Å²) in [4.78, 5) is 0. The molecule has 120 valence electrons. The third-order valence-electron chi connectivity index (χ3n) is 5.63. The van der Waals surface area contributed by atoms with Gasteiger partial charge in [-0.3, -0.25) is 0 Å².